The van der Waals surface area contributed by atoms with Crippen LogP contribution in [0, 0.1) is 0 Å². The lowest BCUT2D eigenvalue weighted by Crippen LogP contribution is -2.48. The highest BCUT2D eigenvalue weighted by molar-refractivity contribution is 5.94. The summed E-state index contributed by atoms with van der Waals surface area (Å²) in [5.41, 5.74) is 7.11. The van der Waals surface area contributed by atoms with Gasteiger partial charge in [0.2, 0.25) is 0 Å². The molecule has 5 nitrogen and oxygen atoms in total. The number of hydrogen-bond acceptors (Lipinski definition) is 4. The molecule has 5 heteroatoms. The van der Waals surface area contributed by atoms with Crippen LogP contribution in [0.4, 0.5) is 5.82 Å². The number of likely N-dealkylation sites (N-methyl/N-ethyl adjacent to an activating group) is 1. The highest BCUT2D eigenvalue weighted by Crippen LogP contribution is 2.11. The number of nitrogens with zero attached hydrogens (tertiary/aromatic N) is 2. The Balaban J connectivity index is 2.77. The number of carbonyl (C=O) groups is 1. The molecule has 1 amide bonds. The molecule has 0 aromatic carbocycles. The average molecular weight is 278 g/mol. The minimum Gasteiger partial charge on any atom is -0.384 e. The third kappa shape index (κ3) is 4.49. The van der Waals surface area contributed by atoms with E-state index in [4.69, 9.17) is 5.73 Å². The molecule has 0 spiro atoms. The Morgan fingerprint density at radius 1 is 1.40 bits per heavy atom. The molecule has 1 aromatic rings. The minimum atomic E-state index is -0.105. The Morgan fingerprint density at radius 3 is 2.60 bits per heavy atom. The number of anilines is 1. The van der Waals surface area contributed by atoms with E-state index in [1.54, 1.807) is 6.07 Å². The predicted molar refractivity (Wildman–Crippen MR) is 82.7 cm³/mol. The van der Waals surface area contributed by atoms with Gasteiger partial charge in [-0.2, -0.15) is 0 Å². The summed E-state index contributed by atoms with van der Waals surface area (Å²) in [6.45, 7) is 6.81. The van der Waals surface area contributed by atoms with Crippen molar-refractivity contribution < 1.29 is 4.79 Å². The SMILES string of the molecule is CCCc1cc(C(=O)NCC(C)(C)N(C)C)cc(N)n1. The summed E-state index contributed by atoms with van der Waals surface area (Å²) < 4.78 is 0. The smallest absolute Gasteiger partial charge is 0.251 e. The van der Waals surface area contributed by atoms with Crippen LogP contribution in [0.15, 0.2) is 12.1 Å². The van der Waals surface area contributed by atoms with Crippen LogP contribution in [0.2, 0.25) is 0 Å². The van der Waals surface area contributed by atoms with E-state index in [2.05, 4.69) is 36.0 Å². The second-order valence-electron chi connectivity index (χ2n) is 5.91. The lowest BCUT2D eigenvalue weighted by atomic mass is 10.0. The first-order valence-corrected chi connectivity index (χ1v) is 6.98. The lowest BCUT2D eigenvalue weighted by Gasteiger charge is -2.32. The van der Waals surface area contributed by atoms with Crippen molar-refractivity contribution in [3.05, 3.63) is 23.4 Å². The third-order valence-electron chi connectivity index (χ3n) is 3.56. The number of aromatic nitrogens is 1. The zero-order valence-corrected chi connectivity index (χ0v) is 13.2. The van der Waals surface area contributed by atoms with Crippen molar-refractivity contribution in [1.29, 1.82) is 0 Å². The molecule has 1 heterocycles. The number of nitrogens with two attached hydrogens (primary N) is 1. The fourth-order valence-electron chi connectivity index (χ4n) is 1.68. The molecule has 3 N–H and O–H groups in total. The first-order chi connectivity index (χ1) is 9.26. The molecule has 0 fully saturated rings. The van der Waals surface area contributed by atoms with Crippen molar-refractivity contribution >= 4 is 11.7 Å². The fourth-order valence-corrected chi connectivity index (χ4v) is 1.68. The summed E-state index contributed by atoms with van der Waals surface area (Å²) in [7, 11) is 3.99. The molecule has 0 radical (unpaired) electrons. The van der Waals surface area contributed by atoms with Gasteiger partial charge >= 0.3 is 0 Å². The summed E-state index contributed by atoms with van der Waals surface area (Å²) in [5.74, 6) is 0.291. The molecule has 0 aliphatic heterocycles. The molecule has 0 aliphatic carbocycles. The molecule has 0 atom stereocenters. The Bertz CT molecular complexity index is 469. The van der Waals surface area contributed by atoms with Gasteiger partial charge in [0.05, 0.1) is 0 Å². The van der Waals surface area contributed by atoms with Gasteiger partial charge in [0.1, 0.15) is 5.82 Å². The zero-order chi connectivity index (χ0) is 15.3. The number of nitrogens with one attached hydrogen (secondary N) is 1. The van der Waals surface area contributed by atoms with Crippen molar-refractivity contribution in [3.63, 3.8) is 0 Å². The summed E-state index contributed by atoms with van der Waals surface area (Å²) in [4.78, 5) is 18.5. The maximum atomic E-state index is 12.2. The van der Waals surface area contributed by atoms with E-state index in [0.29, 0.717) is 17.9 Å². The van der Waals surface area contributed by atoms with Gasteiger partial charge in [-0.25, -0.2) is 4.98 Å². The van der Waals surface area contributed by atoms with Crippen LogP contribution in [0.3, 0.4) is 0 Å². The fraction of sp³-hybridized carbons (Fsp3) is 0.600. The van der Waals surface area contributed by atoms with Crippen LogP contribution < -0.4 is 11.1 Å². The van der Waals surface area contributed by atoms with Crippen molar-refractivity contribution in [1.82, 2.24) is 15.2 Å². The maximum absolute atomic E-state index is 12.2. The van der Waals surface area contributed by atoms with Crippen LogP contribution >= 0.6 is 0 Å². The van der Waals surface area contributed by atoms with Gasteiger partial charge in [-0.15, -0.1) is 0 Å². The lowest BCUT2D eigenvalue weighted by molar-refractivity contribution is 0.0919. The van der Waals surface area contributed by atoms with E-state index in [-0.39, 0.29) is 11.4 Å². The predicted octanol–water partition coefficient (Wildman–Crippen LogP) is 1.69. The van der Waals surface area contributed by atoms with E-state index in [1.165, 1.54) is 0 Å². The normalized spacial score (nSPS) is 11.7. The van der Waals surface area contributed by atoms with Gasteiger partial charge in [0.15, 0.2) is 0 Å². The van der Waals surface area contributed by atoms with Crippen LogP contribution in [-0.4, -0.2) is 42.0 Å². The Morgan fingerprint density at radius 2 is 2.05 bits per heavy atom. The van der Waals surface area contributed by atoms with Gasteiger partial charge < -0.3 is 16.0 Å². The molecule has 0 aliphatic rings. The third-order valence-corrected chi connectivity index (χ3v) is 3.56. The Hall–Kier alpha value is -1.62. The number of aryl methyl sites for hydroxylation is 1. The number of carbonyl (C=O) groups excluding carboxylic acids is 1. The molecule has 1 aromatic heterocycles. The summed E-state index contributed by atoms with van der Waals surface area (Å²) in [5, 5.41) is 2.95. The second kappa shape index (κ2) is 6.70. The van der Waals surface area contributed by atoms with Crippen LogP contribution in [-0.2, 0) is 6.42 Å². The van der Waals surface area contributed by atoms with Gasteiger partial charge in [0, 0.05) is 23.3 Å². The van der Waals surface area contributed by atoms with E-state index in [9.17, 15) is 4.79 Å². The van der Waals surface area contributed by atoms with E-state index in [0.717, 1.165) is 18.5 Å². The molecule has 0 bridgehead atoms. The Kier molecular flexibility index (Phi) is 5.51. The number of rotatable bonds is 6. The highest BCUT2D eigenvalue weighted by atomic mass is 16.1. The van der Waals surface area contributed by atoms with Gasteiger partial charge in [-0.3, -0.25) is 4.79 Å². The maximum Gasteiger partial charge on any atom is 0.251 e. The molecule has 0 saturated heterocycles. The zero-order valence-electron chi connectivity index (χ0n) is 13.2. The van der Waals surface area contributed by atoms with E-state index < -0.39 is 0 Å². The summed E-state index contributed by atoms with van der Waals surface area (Å²) in [6.07, 6.45) is 1.81. The second-order valence-corrected chi connectivity index (χ2v) is 5.91. The molecule has 0 saturated carbocycles. The molecular weight excluding hydrogens is 252 g/mol. The monoisotopic (exact) mass is 278 g/mol. The standard InChI is InChI=1S/C15H26N4O/c1-6-7-12-8-11(9-13(16)18-12)14(20)17-10-15(2,3)19(4)5/h8-9H,6-7,10H2,1-5H3,(H2,16,18)(H,17,20). The van der Waals surface area contributed by atoms with E-state index >= 15 is 0 Å². The number of pyridine rings is 1. The van der Waals surface area contributed by atoms with Crippen molar-refractivity contribution in [2.45, 2.75) is 39.2 Å². The molecule has 1 rings (SSSR count). The average Bonchev–Trinajstić information content (AvgIpc) is 2.35. The van der Waals surface area contributed by atoms with Crippen LogP contribution in [0.5, 0.6) is 0 Å². The number of nitrogen functional groups attached to an aromatic ring is 1. The summed E-state index contributed by atoms with van der Waals surface area (Å²) >= 11 is 0. The van der Waals surface area contributed by atoms with Gasteiger partial charge in [-0.05, 0) is 46.5 Å². The summed E-state index contributed by atoms with van der Waals surface area (Å²) in [6, 6.07) is 3.44. The quantitative estimate of drug-likeness (QED) is 0.830. The van der Waals surface area contributed by atoms with Crippen LogP contribution in [0.1, 0.15) is 43.2 Å². The van der Waals surface area contributed by atoms with E-state index in [1.807, 2.05) is 20.2 Å². The van der Waals surface area contributed by atoms with Crippen molar-refractivity contribution in [2.75, 3.05) is 26.4 Å². The molecule has 20 heavy (non-hydrogen) atoms. The van der Waals surface area contributed by atoms with Crippen molar-refractivity contribution in [3.8, 4) is 0 Å². The molecule has 112 valence electrons. The molecular formula is C15H26N4O. The van der Waals surface area contributed by atoms with Gasteiger partial charge in [0.25, 0.3) is 5.91 Å². The van der Waals surface area contributed by atoms with Gasteiger partial charge in [-0.1, -0.05) is 13.3 Å². The highest BCUT2D eigenvalue weighted by Gasteiger charge is 2.21. The minimum absolute atomic E-state index is 0.0967. The van der Waals surface area contributed by atoms with Crippen molar-refractivity contribution in [2.24, 2.45) is 0 Å². The van der Waals surface area contributed by atoms with Crippen LogP contribution in [0.25, 0.3) is 0 Å². The Labute approximate surface area is 121 Å². The number of amides is 1. The number of hydrogen-bond donors (Lipinski definition) is 2. The topological polar surface area (TPSA) is 71.2 Å². The largest absolute Gasteiger partial charge is 0.384 e. The molecule has 0 unspecified atom stereocenters. The first-order valence-electron chi connectivity index (χ1n) is 6.98. The first kappa shape index (κ1) is 16.4.